The van der Waals surface area contributed by atoms with Crippen molar-refractivity contribution in [3.8, 4) is 0 Å². The van der Waals surface area contributed by atoms with Crippen LogP contribution >= 0.6 is 23.7 Å². The molecule has 1 aliphatic carbocycles. The molecule has 3 rings (SSSR count). The molecule has 2 N–H and O–H groups in total. The highest BCUT2D eigenvalue weighted by Gasteiger charge is 2.40. The molecule has 0 aromatic heterocycles. The number of allylic oxidation sites excluding steroid dienone is 1. The smallest absolute Gasteiger partial charge is 0.274 e. The number of hydrogen-bond donors (Lipinski definition) is 1. The Labute approximate surface area is 159 Å². The lowest BCUT2D eigenvalue weighted by atomic mass is 9.91. The summed E-state index contributed by atoms with van der Waals surface area (Å²) in [7, 11) is 0. The second-order valence-corrected chi connectivity index (χ2v) is 7.83. The molecule has 0 unspecified atom stereocenters. The van der Waals surface area contributed by atoms with Crippen LogP contribution in [0.1, 0.15) is 31.2 Å². The summed E-state index contributed by atoms with van der Waals surface area (Å²) in [4.78, 5) is 27.0. The van der Waals surface area contributed by atoms with Gasteiger partial charge in [0.15, 0.2) is 0 Å². The van der Waals surface area contributed by atoms with Crippen LogP contribution in [0.15, 0.2) is 45.7 Å². The number of hydrogen-bond acceptors (Lipinski definition) is 5. The largest absolute Gasteiger partial charge is 0.293 e. The van der Waals surface area contributed by atoms with E-state index in [9.17, 15) is 18.4 Å². The topological polar surface area (TPSA) is 63.4 Å². The number of nitrogens with zero attached hydrogens (tertiary/aromatic N) is 1. The molecule has 138 valence electrons. The summed E-state index contributed by atoms with van der Waals surface area (Å²) >= 11 is 2.02. The lowest BCUT2D eigenvalue weighted by molar-refractivity contribution is -0.122. The Morgan fingerprint density at radius 2 is 1.85 bits per heavy atom. The first kappa shape index (κ1) is 19.1. The molecular weight excluding hydrogens is 378 g/mol. The SMILES string of the molecule is NSc1ccc(/C=C/CN2C(=O)SC(=C3CCC(F)(F)CC3)C2=O)cc1. The van der Waals surface area contributed by atoms with E-state index in [0.717, 1.165) is 39.1 Å². The maximum Gasteiger partial charge on any atom is 0.293 e. The molecule has 0 atom stereocenters. The third-order valence-electron chi connectivity index (χ3n) is 4.37. The molecule has 1 saturated heterocycles. The average molecular weight is 396 g/mol. The van der Waals surface area contributed by atoms with Crippen molar-refractivity contribution in [3.63, 3.8) is 0 Å². The Kier molecular flexibility index (Phi) is 5.84. The number of imide groups is 1. The van der Waals surface area contributed by atoms with Crippen LogP contribution in [-0.2, 0) is 4.79 Å². The third-order valence-corrected chi connectivity index (χ3v) is 5.98. The van der Waals surface area contributed by atoms with E-state index in [2.05, 4.69) is 0 Å². The maximum atomic E-state index is 13.3. The Morgan fingerprint density at radius 1 is 1.19 bits per heavy atom. The zero-order chi connectivity index (χ0) is 18.7. The number of rotatable bonds is 4. The van der Waals surface area contributed by atoms with E-state index < -0.39 is 5.92 Å². The van der Waals surface area contributed by atoms with Gasteiger partial charge in [0, 0.05) is 24.3 Å². The minimum absolute atomic E-state index is 0.158. The molecule has 2 aliphatic rings. The van der Waals surface area contributed by atoms with E-state index >= 15 is 0 Å². The normalized spacial score (nSPS) is 20.5. The summed E-state index contributed by atoms with van der Waals surface area (Å²) in [5.74, 6) is -3.04. The molecule has 0 spiro atoms. The summed E-state index contributed by atoms with van der Waals surface area (Å²) in [6.45, 7) is 0.158. The van der Waals surface area contributed by atoms with Gasteiger partial charge in [0.1, 0.15) is 0 Å². The summed E-state index contributed by atoms with van der Waals surface area (Å²) < 4.78 is 26.6. The quantitative estimate of drug-likeness (QED) is 0.584. The number of alkyl halides is 2. The number of nitrogens with two attached hydrogens (primary N) is 1. The van der Waals surface area contributed by atoms with Crippen LogP contribution in [0.25, 0.3) is 6.08 Å². The lowest BCUT2D eigenvalue weighted by Crippen LogP contribution is -2.29. The van der Waals surface area contributed by atoms with Crippen molar-refractivity contribution >= 4 is 40.9 Å². The number of benzene rings is 1. The summed E-state index contributed by atoms with van der Waals surface area (Å²) in [5.41, 5.74) is 1.61. The minimum Gasteiger partial charge on any atom is -0.274 e. The van der Waals surface area contributed by atoms with Crippen LogP contribution in [0, 0.1) is 0 Å². The van der Waals surface area contributed by atoms with Gasteiger partial charge in [-0.15, -0.1) is 0 Å². The lowest BCUT2D eigenvalue weighted by Gasteiger charge is -2.24. The zero-order valence-corrected chi connectivity index (χ0v) is 15.5. The highest BCUT2D eigenvalue weighted by Crippen LogP contribution is 2.42. The molecule has 1 aromatic carbocycles. The molecule has 0 bridgehead atoms. The van der Waals surface area contributed by atoms with Crippen molar-refractivity contribution in [3.05, 3.63) is 46.4 Å². The molecule has 26 heavy (non-hydrogen) atoms. The van der Waals surface area contributed by atoms with E-state index in [1.54, 1.807) is 6.08 Å². The second kappa shape index (κ2) is 7.94. The van der Waals surface area contributed by atoms with Crippen LogP contribution in [0.2, 0.25) is 0 Å². The van der Waals surface area contributed by atoms with Gasteiger partial charge in [0.25, 0.3) is 11.1 Å². The number of carbonyl (C=O) groups excluding carboxylic acids is 2. The van der Waals surface area contributed by atoms with Crippen molar-refractivity contribution in [1.82, 2.24) is 4.90 Å². The molecule has 1 aromatic rings. The van der Waals surface area contributed by atoms with E-state index in [4.69, 9.17) is 5.14 Å². The Balaban J connectivity index is 1.65. The number of carbonyl (C=O) groups is 2. The Hall–Kier alpha value is -1.64. The molecule has 1 aliphatic heterocycles. The van der Waals surface area contributed by atoms with Gasteiger partial charge in [-0.3, -0.25) is 19.6 Å². The van der Waals surface area contributed by atoms with Crippen LogP contribution in [0.5, 0.6) is 0 Å². The third kappa shape index (κ3) is 4.36. The minimum atomic E-state index is -2.67. The van der Waals surface area contributed by atoms with E-state index in [1.165, 1.54) is 0 Å². The van der Waals surface area contributed by atoms with Gasteiger partial charge in [0.2, 0.25) is 5.92 Å². The zero-order valence-electron chi connectivity index (χ0n) is 13.9. The first-order chi connectivity index (χ1) is 12.4. The number of halogens is 2. The Morgan fingerprint density at radius 3 is 2.46 bits per heavy atom. The average Bonchev–Trinajstić information content (AvgIpc) is 2.90. The molecule has 0 radical (unpaired) electrons. The molecule has 1 heterocycles. The molecule has 2 amide bonds. The van der Waals surface area contributed by atoms with Gasteiger partial charge in [-0.2, -0.15) is 0 Å². The van der Waals surface area contributed by atoms with Gasteiger partial charge < -0.3 is 0 Å². The predicted octanol–water partition coefficient (Wildman–Crippen LogP) is 4.82. The monoisotopic (exact) mass is 396 g/mol. The van der Waals surface area contributed by atoms with Crippen LogP contribution < -0.4 is 5.14 Å². The van der Waals surface area contributed by atoms with Crippen molar-refractivity contribution in [2.45, 2.75) is 36.5 Å². The van der Waals surface area contributed by atoms with Gasteiger partial charge in [-0.05, 0) is 54.2 Å². The standard InChI is InChI=1S/C18H18F2N2O2S2/c19-18(20)9-7-13(8-10-18)15-16(23)22(17(24)25-15)11-1-2-12-3-5-14(26-21)6-4-12/h1-6H,7-11,21H2/b2-1+. The van der Waals surface area contributed by atoms with Crippen molar-refractivity contribution in [2.75, 3.05) is 6.54 Å². The highest BCUT2D eigenvalue weighted by molar-refractivity contribution is 8.18. The van der Waals surface area contributed by atoms with E-state index in [0.29, 0.717) is 10.5 Å². The van der Waals surface area contributed by atoms with E-state index in [-0.39, 0.29) is 43.4 Å². The summed E-state index contributed by atoms with van der Waals surface area (Å²) in [6.07, 6.45) is 3.38. The predicted molar refractivity (Wildman–Crippen MR) is 101 cm³/mol. The second-order valence-electron chi connectivity index (χ2n) is 6.16. The molecule has 4 nitrogen and oxygen atoms in total. The molecular formula is C18H18F2N2O2S2. The van der Waals surface area contributed by atoms with Crippen LogP contribution in [0.3, 0.4) is 0 Å². The molecule has 1 saturated carbocycles. The van der Waals surface area contributed by atoms with E-state index in [1.807, 2.05) is 30.3 Å². The number of thioether (sulfide) groups is 1. The van der Waals surface area contributed by atoms with Gasteiger partial charge in [-0.25, -0.2) is 8.78 Å². The Bertz CT molecular complexity index is 764. The first-order valence-corrected chi connectivity index (χ1v) is 9.86. The maximum absolute atomic E-state index is 13.3. The fourth-order valence-corrected chi connectivity index (χ4v) is 4.15. The fraction of sp³-hybridized carbons (Fsp3) is 0.333. The number of amides is 2. The molecule has 8 heteroatoms. The van der Waals surface area contributed by atoms with Crippen molar-refractivity contribution in [2.24, 2.45) is 5.14 Å². The van der Waals surface area contributed by atoms with Crippen molar-refractivity contribution in [1.29, 1.82) is 0 Å². The summed E-state index contributed by atoms with van der Waals surface area (Å²) in [6, 6.07) is 7.55. The van der Waals surface area contributed by atoms with Crippen molar-refractivity contribution < 1.29 is 18.4 Å². The fourth-order valence-electron chi connectivity index (χ4n) is 2.87. The van der Waals surface area contributed by atoms with Gasteiger partial charge >= 0.3 is 0 Å². The van der Waals surface area contributed by atoms with Crippen LogP contribution in [0.4, 0.5) is 13.6 Å². The van der Waals surface area contributed by atoms with Gasteiger partial charge in [-0.1, -0.05) is 29.9 Å². The first-order valence-electron chi connectivity index (χ1n) is 8.16. The van der Waals surface area contributed by atoms with Gasteiger partial charge in [0.05, 0.1) is 4.91 Å². The summed E-state index contributed by atoms with van der Waals surface area (Å²) in [5, 5.41) is 5.12. The highest BCUT2D eigenvalue weighted by atomic mass is 32.2. The van der Waals surface area contributed by atoms with Crippen LogP contribution in [-0.4, -0.2) is 28.5 Å². The molecule has 2 fully saturated rings.